The van der Waals surface area contributed by atoms with Crippen LogP contribution in [-0.4, -0.2) is 17.3 Å². The van der Waals surface area contributed by atoms with Gasteiger partial charge in [-0.25, -0.2) is 0 Å². The summed E-state index contributed by atoms with van der Waals surface area (Å²) in [5.41, 5.74) is 1.67. The molecule has 0 radical (unpaired) electrons. The number of methoxy groups -OCH3 is 1. The Morgan fingerprint density at radius 3 is 2.30 bits per heavy atom. The molecule has 3 heteroatoms. The van der Waals surface area contributed by atoms with Crippen molar-refractivity contribution in [2.75, 3.05) is 7.11 Å². The Morgan fingerprint density at radius 2 is 1.60 bits per heavy atom. The van der Waals surface area contributed by atoms with Crippen molar-refractivity contribution < 1.29 is 14.9 Å². The zero-order valence-corrected chi connectivity index (χ0v) is 11.0. The van der Waals surface area contributed by atoms with E-state index in [9.17, 15) is 10.2 Å². The van der Waals surface area contributed by atoms with Crippen LogP contribution in [-0.2, 0) is 0 Å². The Kier molecular flexibility index (Phi) is 2.95. The predicted molar refractivity (Wildman–Crippen MR) is 79.3 cm³/mol. The van der Waals surface area contributed by atoms with Crippen molar-refractivity contribution in [1.29, 1.82) is 0 Å². The lowest BCUT2D eigenvalue weighted by Crippen LogP contribution is -1.84. The monoisotopic (exact) mass is 266 g/mol. The number of ether oxygens (including phenoxy) is 1. The Hall–Kier alpha value is -2.68. The minimum atomic E-state index is 0.189. The van der Waals surface area contributed by atoms with E-state index in [2.05, 4.69) is 0 Å². The van der Waals surface area contributed by atoms with Gasteiger partial charge in [0.25, 0.3) is 0 Å². The van der Waals surface area contributed by atoms with Gasteiger partial charge >= 0.3 is 0 Å². The summed E-state index contributed by atoms with van der Waals surface area (Å²) in [6.07, 6.45) is 0. The van der Waals surface area contributed by atoms with Gasteiger partial charge in [0.2, 0.25) is 0 Å². The van der Waals surface area contributed by atoms with Crippen molar-refractivity contribution in [1.82, 2.24) is 0 Å². The molecule has 20 heavy (non-hydrogen) atoms. The summed E-state index contributed by atoms with van der Waals surface area (Å²) in [5, 5.41) is 21.4. The second-order valence-corrected chi connectivity index (χ2v) is 4.60. The Bertz CT molecular complexity index is 761. The predicted octanol–water partition coefficient (Wildman–Crippen LogP) is 3.93. The van der Waals surface area contributed by atoms with Crippen LogP contribution in [0.15, 0.2) is 54.6 Å². The molecule has 0 aliphatic rings. The van der Waals surface area contributed by atoms with Crippen molar-refractivity contribution in [3.63, 3.8) is 0 Å². The van der Waals surface area contributed by atoms with E-state index >= 15 is 0 Å². The van der Waals surface area contributed by atoms with Crippen molar-refractivity contribution >= 4 is 10.8 Å². The van der Waals surface area contributed by atoms with Crippen LogP contribution >= 0.6 is 0 Å². The van der Waals surface area contributed by atoms with Crippen LogP contribution in [0.1, 0.15) is 0 Å². The van der Waals surface area contributed by atoms with Crippen LogP contribution in [0.5, 0.6) is 17.2 Å². The molecule has 0 saturated carbocycles. The molecule has 3 rings (SSSR count). The number of fused-ring (bicyclic) bond motifs is 1. The molecule has 0 atom stereocenters. The van der Waals surface area contributed by atoms with Gasteiger partial charge < -0.3 is 14.9 Å². The van der Waals surface area contributed by atoms with Crippen LogP contribution in [0.3, 0.4) is 0 Å². The number of aromatic hydroxyl groups is 2. The molecule has 0 amide bonds. The third-order valence-electron chi connectivity index (χ3n) is 3.38. The number of hydrogen-bond donors (Lipinski definition) is 2. The largest absolute Gasteiger partial charge is 0.508 e. The standard InChI is InChI=1S/C17H14O3/c1-20-14-6-2-11(3-7-14)15-8-4-12-10-13(18)5-9-16(12)17(15)19/h2-10,18-19H,1H3. The van der Waals surface area contributed by atoms with Crippen LogP contribution in [0.25, 0.3) is 21.9 Å². The molecule has 3 aromatic rings. The fourth-order valence-electron chi connectivity index (χ4n) is 2.30. The molecule has 0 bridgehead atoms. The number of phenolic OH excluding ortho intramolecular Hbond substituents is 2. The van der Waals surface area contributed by atoms with Crippen LogP contribution < -0.4 is 4.74 Å². The third-order valence-corrected chi connectivity index (χ3v) is 3.38. The minimum absolute atomic E-state index is 0.189. The average molecular weight is 266 g/mol. The maximum Gasteiger partial charge on any atom is 0.131 e. The zero-order chi connectivity index (χ0) is 14.1. The van der Waals surface area contributed by atoms with Gasteiger partial charge in [0.1, 0.15) is 17.2 Å². The summed E-state index contributed by atoms with van der Waals surface area (Å²) in [6, 6.07) is 16.2. The van der Waals surface area contributed by atoms with E-state index in [0.717, 1.165) is 27.6 Å². The first-order valence-electron chi connectivity index (χ1n) is 6.28. The third kappa shape index (κ3) is 2.03. The number of benzene rings is 3. The maximum absolute atomic E-state index is 10.4. The summed E-state index contributed by atoms with van der Waals surface area (Å²) >= 11 is 0. The van der Waals surface area contributed by atoms with Gasteiger partial charge in [-0.3, -0.25) is 0 Å². The van der Waals surface area contributed by atoms with E-state index < -0.39 is 0 Å². The van der Waals surface area contributed by atoms with Gasteiger partial charge in [0.05, 0.1) is 7.11 Å². The fraction of sp³-hybridized carbons (Fsp3) is 0.0588. The van der Waals surface area contributed by atoms with Crippen molar-refractivity contribution in [2.24, 2.45) is 0 Å². The highest BCUT2D eigenvalue weighted by molar-refractivity contribution is 5.95. The topological polar surface area (TPSA) is 49.7 Å². The van der Waals surface area contributed by atoms with Gasteiger partial charge in [-0.05, 0) is 41.3 Å². The highest BCUT2D eigenvalue weighted by Gasteiger charge is 2.09. The fourth-order valence-corrected chi connectivity index (χ4v) is 2.30. The molecule has 3 aromatic carbocycles. The van der Waals surface area contributed by atoms with Crippen molar-refractivity contribution in [3.8, 4) is 28.4 Å². The summed E-state index contributed by atoms with van der Waals surface area (Å²) in [4.78, 5) is 0. The summed E-state index contributed by atoms with van der Waals surface area (Å²) in [5.74, 6) is 1.18. The maximum atomic E-state index is 10.4. The zero-order valence-electron chi connectivity index (χ0n) is 11.0. The highest BCUT2D eigenvalue weighted by atomic mass is 16.5. The molecule has 2 N–H and O–H groups in total. The van der Waals surface area contributed by atoms with Gasteiger partial charge in [-0.2, -0.15) is 0 Å². The van der Waals surface area contributed by atoms with Gasteiger partial charge in [0.15, 0.2) is 0 Å². The smallest absolute Gasteiger partial charge is 0.131 e. The molecule has 0 heterocycles. The Morgan fingerprint density at radius 1 is 0.850 bits per heavy atom. The lowest BCUT2D eigenvalue weighted by Gasteiger charge is -2.09. The van der Waals surface area contributed by atoms with E-state index in [0.29, 0.717) is 0 Å². The molecule has 0 fully saturated rings. The first kappa shape index (κ1) is 12.4. The van der Waals surface area contributed by atoms with E-state index in [1.807, 2.05) is 36.4 Å². The SMILES string of the molecule is COc1ccc(-c2ccc3cc(O)ccc3c2O)cc1. The normalized spacial score (nSPS) is 10.7. The number of hydrogen-bond acceptors (Lipinski definition) is 3. The summed E-state index contributed by atoms with van der Waals surface area (Å²) < 4.78 is 5.13. The van der Waals surface area contributed by atoms with E-state index in [1.165, 1.54) is 0 Å². The quantitative estimate of drug-likeness (QED) is 0.739. The molecule has 0 aliphatic heterocycles. The molecular formula is C17H14O3. The molecular weight excluding hydrogens is 252 g/mol. The first-order chi connectivity index (χ1) is 9.69. The molecule has 0 unspecified atom stereocenters. The second kappa shape index (κ2) is 4.78. The number of rotatable bonds is 2. The average Bonchev–Trinajstić information content (AvgIpc) is 2.48. The van der Waals surface area contributed by atoms with Crippen LogP contribution in [0.2, 0.25) is 0 Å². The Balaban J connectivity index is 2.16. The van der Waals surface area contributed by atoms with E-state index in [-0.39, 0.29) is 11.5 Å². The summed E-state index contributed by atoms with van der Waals surface area (Å²) in [7, 11) is 1.62. The lowest BCUT2D eigenvalue weighted by molar-refractivity contribution is 0.415. The molecule has 0 aromatic heterocycles. The molecule has 0 aliphatic carbocycles. The molecule has 0 spiro atoms. The van der Waals surface area contributed by atoms with Crippen LogP contribution in [0, 0.1) is 0 Å². The van der Waals surface area contributed by atoms with Crippen LogP contribution in [0.4, 0.5) is 0 Å². The molecule has 0 saturated heterocycles. The second-order valence-electron chi connectivity index (χ2n) is 4.60. The van der Waals surface area contributed by atoms with Gasteiger partial charge in [0, 0.05) is 10.9 Å². The van der Waals surface area contributed by atoms with E-state index in [1.54, 1.807) is 25.3 Å². The van der Waals surface area contributed by atoms with Gasteiger partial charge in [-0.15, -0.1) is 0 Å². The Labute approximate surface area is 116 Å². The lowest BCUT2D eigenvalue weighted by atomic mass is 9.99. The molecule has 3 nitrogen and oxygen atoms in total. The minimum Gasteiger partial charge on any atom is -0.508 e. The van der Waals surface area contributed by atoms with Gasteiger partial charge in [-0.1, -0.05) is 24.3 Å². The molecule has 100 valence electrons. The highest BCUT2D eigenvalue weighted by Crippen LogP contribution is 2.37. The summed E-state index contributed by atoms with van der Waals surface area (Å²) in [6.45, 7) is 0. The number of phenols is 2. The van der Waals surface area contributed by atoms with Crippen molar-refractivity contribution in [2.45, 2.75) is 0 Å². The van der Waals surface area contributed by atoms with E-state index in [4.69, 9.17) is 4.74 Å². The van der Waals surface area contributed by atoms with Crippen molar-refractivity contribution in [3.05, 3.63) is 54.6 Å². The first-order valence-corrected chi connectivity index (χ1v) is 6.28.